The van der Waals surface area contributed by atoms with E-state index in [1.165, 1.54) is 16.2 Å². The molecule has 1 atom stereocenters. The van der Waals surface area contributed by atoms with E-state index in [1.54, 1.807) is 36.4 Å². The van der Waals surface area contributed by atoms with Gasteiger partial charge in [0.2, 0.25) is 0 Å². The number of carbonyl (C=O) groups excluding carboxylic acids is 2. The Morgan fingerprint density at radius 2 is 1.79 bits per heavy atom. The number of nitrogens with zero attached hydrogens (tertiary/aromatic N) is 2. The largest absolute Gasteiger partial charge is 0.507 e. The Labute approximate surface area is 200 Å². The highest BCUT2D eigenvalue weighted by atomic mass is 32.1. The molecule has 1 aromatic heterocycles. The maximum atomic E-state index is 13.3. The van der Waals surface area contributed by atoms with Crippen molar-refractivity contribution in [1.82, 2.24) is 4.98 Å². The van der Waals surface area contributed by atoms with Crippen LogP contribution in [0, 0.1) is 6.92 Å². The summed E-state index contributed by atoms with van der Waals surface area (Å²) in [5, 5.41) is 11.6. The Kier molecular flexibility index (Phi) is 5.63. The number of thiazole rings is 1. The molecule has 3 aromatic carbocycles. The zero-order valence-corrected chi connectivity index (χ0v) is 19.5. The summed E-state index contributed by atoms with van der Waals surface area (Å²) in [6, 6.07) is 21.0. The molecule has 170 valence electrons. The van der Waals surface area contributed by atoms with Gasteiger partial charge in [-0.3, -0.25) is 14.5 Å². The predicted octanol–water partition coefficient (Wildman–Crippen LogP) is 5.63. The molecule has 1 fully saturated rings. The number of ketones is 1. The number of fused-ring (bicyclic) bond motifs is 1. The zero-order chi connectivity index (χ0) is 23.8. The number of hydrogen-bond acceptors (Lipinski definition) is 6. The van der Waals surface area contributed by atoms with Crippen LogP contribution >= 0.6 is 11.3 Å². The van der Waals surface area contributed by atoms with Gasteiger partial charge in [0.25, 0.3) is 5.78 Å². The van der Waals surface area contributed by atoms with Crippen molar-refractivity contribution in [3.05, 3.63) is 95.1 Å². The van der Waals surface area contributed by atoms with Crippen molar-refractivity contribution in [1.29, 1.82) is 0 Å². The molecule has 5 rings (SSSR count). The first-order chi connectivity index (χ1) is 16.5. The number of carbonyl (C=O) groups is 2. The Hall–Kier alpha value is -3.97. The van der Waals surface area contributed by atoms with E-state index in [-0.39, 0.29) is 11.3 Å². The van der Waals surface area contributed by atoms with Gasteiger partial charge in [-0.05, 0) is 49.2 Å². The number of hydrogen-bond donors (Lipinski definition) is 1. The molecule has 34 heavy (non-hydrogen) atoms. The van der Waals surface area contributed by atoms with Gasteiger partial charge in [-0.2, -0.15) is 0 Å². The Balaban J connectivity index is 1.70. The minimum atomic E-state index is -0.822. The number of aliphatic hydroxyl groups excluding tert-OH is 1. The summed E-state index contributed by atoms with van der Waals surface area (Å²) in [6.45, 7) is 4.42. The molecule has 1 aliphatic rings. The van der Waals surface area contributed by atoms with E-state index in [4.69, 9.17) is 4.74 Å². The van der Waals surface area contributed by atoms with Crippen molar-refractivity contribution in [2.24, 2.45) is 0 Å². The van der Waals surface area contributed by atoms with Crippen LogP contribution in [0.25, 0.3) is 16.0 Å². The number of benzene rings is 3. The molecule has 6 nitrogen and oxygen atoms in total. The van der Waals surface area contributed by atoms with Crippen LogP contribution in [-0.4, -0.2) is 28.4 Å². The normalized spacial score (nSPS) is 17.5. The monoisotopic (exact) mass is 470 g/mol. The van der Waals surface area contributed by atoms with Crippen LogP contribution in [0.5, 0.6) is 5.75 Å². The van der Waals surface area contributed by atoms with Gasteiger partial charge in [0.1, 0.15) is 11.5 Å². The topological polar surface area (TPSA) is 79.7 Å². The van der Waals surface area contributed by atoms with Crippen LogP contribution in [0.3, 0.4) is 0 Å². The molecule has 2 heterocycles. The first kappa shape index (κ1) is 21.9. The fourth-order valence-corrected chi connectivity index (χ4v) is 5.22. The lowest BCUT2D eigenvalue weighted by Gasteiger charge is -2.23. The number of amides is 1. The van der Waals surface area contributed by atoms with Crippen LogP contribution in [-0.2, 0) is 9.59 Å². The first-order valence-electron chi connectivity index (χ1n) is 10.9. The van der Waals surface area contributed by atoms with E-state index < -0.39 is 17.7 Å². The van der Waals surface area contributed by atoms with Gasteiger partial charge in [0.05, 0.1) is 28.4 Å². The fourth-order valence-electron chi connectivity index (χ4n) is 4.13. The molecule has 1 amide bonds. The van der Waals surface area contributed by atoms with E-state index in [0.717, 1.165) is 15.8 Å². The lowest BCUT2D eigenvalue weighted by Crippen LogP contribution is -2.29. The van der Waals surface area contributed by atoms with Gasteiger partial charge in [-0.25, -0.2) is 4.98 Å². The van der Waals surface area contributed by atoms with Crippen molar-refractivity contribution in [2.45, 2.75) is 19.9 Å². The Morgan fingerprint density at radius 3 is 2.50 bits per heavy atom. The maximum absolute atomic E-state index is 13.3. The zero-order valence-electron chi connectivity index (χ0n) is 18.7. The minimum absolute atomic E-state index is 0.0378. The van der Waals surface area contributed by atoms with Gasteiger partial charge < -0.3 is 9.84 Å². The molecule has 7 heteroatoms. The number of Topliss-reactive ketones (excluding diaryl/α,β-unsaturated/α-hetero) is 1. The molecule has 1 aliphatic heterocycles. The Morgan fingerprint density at radius 1 is 1.06 bits per heavy atom. The van der Waals surface area contributed by atoms with Crippen molar-refractivity contribution in [3.8, 4) is 5.75 Å². The van der Waals surface area contributed by atoms with Crippen LogP contribution < -0.4 is 9.64 Å². The van der Waals surface area contributed by atoms with Gasteiger partial charge in [0, 0.05) is 5.56 Å². The van der Waals surface area contributed by atoms with Crippen molar-refractivity contribution in [3.63, 3.8) is 0 Å². The molecule has 0 unspecified atom stereocenters. The number of aryl methyl sites for hydroxylation is 1. The van der Waals surface area contributed by atoms with E-state index in [9.17, 15) is 14.7 Å². The number of rotatable bonds is 5. The predicted molar refractivity (Wildman–Crippen MR) is 133 cm³/mol. The molecule has 0 aliphatic carbocycles. The SMILES string of the molecule is CCOc1ccc([C@H]2C(=C(O)c3ccccc3)C(=O)C(=O)N2c2nc3ccc(C)cc3s2)cc1. The standard InChI is InChI=1S/C27H22N2O4S/c1-3-33-19-12-10-17(11-13-19)23-22(24(30)18-7-5-4-6-8-18)25(31)26(32)29(23)27-28-20-14-9-16(2)15-21(20)34-27/h4-15,23,30H,3H2,1-2H3/t23-/m0/s1. The third-order valence-corrected chi connectivity index (χ3v) is 6.75. The van der Waals surface area contributed by atoms with E-state index in [1.807, 2.05) is 50.2 Å². The Bertz CT molecular complexity index is 1420. The highest BCUT2D eigenvalue weighted by Crippen LogP contribution is 2.44. The van der Waals surface area contributed by atoms with Crippen molar-refractivity contribution in [2.75, 3.05) is 11.5 Å². The van der Waals surface area contributed by atoms with Crippen molar-refractivity contribution < 1.29 is 19.4 Å². The van der Waals surface area contributed by atoms with Gasteiger partial charge in [-0.1, -0.05) is 59.9 Å². The summed E-state index contributed by atoms with van der Waals surface area (Å²) in [4.78, 5) is 32.6. The third-order valence-electron chi connectivity index (χ3n) is 5.74. The lowest BCUT2D eigenvalue weighted by atomic mass is 9.95. The maximum Gasteiger partial charge on any atom is 0.301 e. The van der Waals surface area contributed by atoms with Crippen molar-refractivity contribution >= 4 is 44.1 Å². The average Bonchev–Trinajstić information content (AvgIpc) is 3.37. The molecule has 0 spiro atoms. The summed E-state index contributed by atoms with van der Waals surface area (Å²) in [5.74, 6) is -0.984. The molecule has 1 N–H and O–H groups in total. The number of anilines is 1. The van der Waals surface area contributed by atoms with Crippen LogP contribution in [0.1, 0.15) is 29.7 Å². The van der Waals surface area contributed by atoms with Crippen LogP contribution in [0.15, 0.2) is 78.4 Å². The molecule has 0 saturated carbocycles. The second kappa shape index (κ2) is 8.76. The van der Waals surface area contributed by atoms with E-state index in [2.05, 4.69) is 4.98 Å². The van der Waals surface area contributed by atoms with Gasteiger partial charge >= 0.3 is 5.91 Å². The highest BCUT2D eigenvalue weighted by molar-refractivity contribution is 7.22. The molecule has 1 saturated heterocycles. The summed E-state index contributed by atoms with van der Waals surface area (Å²) >= 11 is 1.35. The smallest absolute Gasteiger partial charge is 0.301 e. The molecule has 0 radical (unpaired) electrons. The molecular weight excluding hydrogens is 448 g/mol. The van der Waals surface area contributed by atoms with Gasteiger partial charge in [0.15, 0.2) is 5.13 Å². The third kappa shape index (κ3) is 3.74. The van der Waals surface area contributed by atoms with Gasteiger partial charge in [-0.15, -0.1) is 0 Å². The summed E-state index contributed by atoms with van der Waals surface area (Å²) in [6.07, 6.45) is 0. The lowest BCUT2D eigenvalue weighted by molar-refractivity contribution is -0.132. The van der Waals surface area contributed by atoms with E-state index in [0.29, 0.717) is 28.6 Å². The number of ether oxygens (including phenoxy) is 1. The highest BCUT2D eigenvalue weighted by Gasteiger charge is 2.48. The second-order valence-corrected chi connectivity index (χ2v) is 9.01. The summed E-state index contributed by atoms with van der Waals surface area (Å²) in [7, 11) is 0. The molecule has 0 bridgehead atoms. The molecule has 4 aromatic rings. The van der Waals surface area contributed by atoms with Crippen LogP contribution in [0.4, 0.5) is 5.13 Å². The number of aliphatic hydroxyl groups is 1. The molecular formula is C27H22N2O4S. The average molecular weight is 471 g/mol. The number of aromatic nitrogens is 1. The second-order valence-electron chi connectivity index (χ2n) is 8.00. The fraction of sp³-hybridized carbons (Fsp3) is 0.148. The quantitative estimate of drug-likeness (QED) is 0.232. The van der Waals surface area contributed by atoms with E-state index >= 15 is 0 Å². The summed E-state index contributed by atoms with van der Waals surface area (Å²) in [5.41, 5.74) is 3.01. The first-order valence-corrected chi connectivity index (χ1v) is 11.8. The van der Waals surface area contributed by atoms with Crippen LogP contribution in [0.2, 0.25) is 0 Å². The summed E-state index contributed by atoms with van der Waals surface area (Å²) < 4.78 is 6.47. The minimum Gasteiger partial charge on any atom is -0.507 e.